The summed E-state index contributed by atoms with van der Waals surface area (Å²) in [5, 5.41) is 9.07. The number of hydrogen-bond donors (Lipinski definition) is 3. The van der Waals surface area contributed by atoms with Crippen molar-refractivity contribution in [2.75, 3.05) is 33.8 Å². The molecule has 0 saturated carbocycles. The summed E-state index contributed by atoms with van der Waals surface area (Å²) in [7, 11) is 3.21. The van der Waals surface area contributed by atoms with Gasteiger partial charge in [-0.3, -0.25) is 9.79 Å². The third kappa shape index (κ3) is 7.69. The van der Waals surface area contributed by atoms with Gasteiger partial charge in [-0.05, 0) is 37.3 Å². The molecule has 0 aliphatic carbocycles. The molecule has 1 unspecified atom stereocenters. The summed E-state index contributed by atoms with van der Waals surface area (Å²) in [5.74, 6) is 1.18. The molecule has 1 atom stereocenters. The minimum atomic E-state index is -0.337. The Morgan fingerprint density at radius 3 is 2.52 bits per heavy atom. The average molecular weight is 402 g/mol. The van der Waals surface area contributed by atoms with Crippen LogP contribution in [0.4, 0.5) is 4.39 Å². The van der Waals surface area contributed by atoms with Gasteiger partial charge in [0.05, 0.1) is 13.7 Å². The molecule has 8 heteroatoms. The Morgan fingerprint density at radius 2 is 1.79 bits per heavy atom. The Balaban J connectivity index is 1.68. The van der Waals surface area contributed by atoms with Crippen LogP contribution in [0.3, 0.4) is 0 Å². The SMILES string of the molecule is CN=C(NCCNC(=O)c1cccc(OC)c1)NCC(C)Oc1cccc(F)c1. The zero-order chi connectivity index (χ0) is 21.1. The monoisotopic (exact) mass is 402 g/mol. The molecule has 2 rings (SSSR count). The van der Waals surface area contributed by atoms with Crippen LogP contribution in [-0.4, -0.2) is 51.8 Å². The van der Waals surface area contributed by atoms with Crippen molar-refractivity contribution in [2.45, 2.75) is 13.0 Å². The largest absolute Gasteiger partial charge is 0.497 e. The van der Waals surface area contributed by atoms with Gasteiger partial charge in [0.2, 0.25) is 0 Å². The first-order valence-corrected chi connectivity index (χ1v) is 9.31. The van der Waals surface area contributed by atoms with Gasteiger partial charge < -0.3 is 25.4 Å². The maximum atomic E-state index is 13.2. The van der Waals surface area contributed by atoms with Crippen LogP contribution in [0.15, 0.2) is 53.5 Å². The van der Waals surface area contributed by atoms with Crippen molar-refractivity contribution >= 4 is 11.9 Å². The lowest BCUT2D eigenvalue weighted by molar-refractivity contribution is 0.0954. The van der Waals surface area contributed by atoms with E-state index in [-0.39, 0.29) is 17.8 Å². The number of hydrogen-bond acceptors (Lipinski definition) is 4. The molecular weight excluding hydrogens is 375 g/mol. The average Bonchev–Trinajstić information content (AvgIpc) is 2.73. The normalized spacial score (nSPS) is 12.1. The van der Waals surface area contributed by atoms with Crippen LogP contribution in [0.1, 0.15) is 17.3 Å². The second-order valence-electron chi connectivity index (χ2n) is 6.25. The molecule has 0 radical (unpaired) electrons. The van der Waals surface area contributed by atoms with Gasteiger partial charge in [0.15, 0.2) is 5.96 Å². The predicted molar refractivity (Wildman–Crippen MR) is 111 cm³/mol. The lowest BCUT2D eigenvalue weighted by Gasteiger charge is -2.18. The molecule has 0 aliphatic rings. The number of guanidine groups is 1. The zero-order valence-electron chi connectivity index (χ0n) is 16.9. The van der Waals surface area contributed by atoms with E-state index in [1.165, 1.54) is 12.1 Å². The van der Waals surface area contributed by atoms with E-state index in [1.807, 2.05) is 6.92 Å². The summed E-state index contributed by atoms with van der Waals surface area (Å²) in [5.41, 5.74) is 0.537. The third-order valence-corrected chi connectivity index (χ3v) is 3.95. The number of halogens is 1. The van der Waals surface area contributed by atoms with E-state index in [4.69, 9.17) is 9.47 Å². The first-order valence-electron chi connectivity index (χ1n) is 9.31. The van der Waals surface area contributed by atoms with Crippen LogP contribution in [0.25, 0.3) is 0 Å². The maximum Gasteiger partial charge on any atom is 0.251 e. The highest BCUT2D eigenvalue weighted by atomic mass is 19.1. The lowest BCUT2D eigenvalue weighted by atomic mass is 10.2. The number of methoxy groups -OCH3 is 1. The quantitative estimate of drug-likeness (QED) is 0.340. The second-order valence-corrected chi connectivity index (χ2v) is 6.25. The van der Waals surface area contributed by atoms with E-state index in [2.05, 4.69) is 20.9 Å². The Morgan fingerprint density at radius 1 is 1.07 bits per heavy atom. The van der Waals surface area contributed by atoms with Crippen LogP contribution in [0.2, 0.25) is 0 Å². The highest BCUT2D eigenvalue weighted by Gasteiger charge is 2.08. The van der Waals surface area contributed by atoms with Crippen LogP contribution in [0.5, 0.6) is 11.5 Å². The van der Waals surface area contributed by atoms with Crippen molar-refractivity contribution in [3.05, 3.63) is 59.9 Å². The standard InChI is InChI=1S/C21H27FN4O3/c1-15(29-19-9-5-7-17(22)13-19)14-26-21(23-2)25-11-10-24-20(27)16-6-4-8-18(12-16)28-3/h4-9,12-13,15H,10-11,14H2,1-3H3,(H,24,27)(H2,23,25,26). The van der Waals surface area contributed by atoms with Gasteiger partial charge in [-0.25, -0.2) is 4.39 Å². The van der Waals surface area contributed by atoms with Crippen LogP contribution in [-0.2, 0) is 0 Å². The summed E-state index contributed by atoms with van der Waals surface area (Å²) < 4.78 is 24.0. The number of carbonyl (C=O) groups excluding carboxylic acids is 1. The minimum Gasteiger partial charge on any atom is -0.497 e. The van der Waals surface area contributed by atoms with Crippen molar-refractivity contribution in [2.24, 2.45) is 4.99 Å². The van der Waals surface area contributed by atoms with E-state index in [0.717, 1.165) is 0 Å². The van der Waals surface area contributed by atoms with E-state index >= 15 is 0 Å². The maximum absolute atomic E-state index is 13.2. The van der Waals surface area contributed by atoms with Crippen LogP contribution < -0.4 is 25.4 Å². The Kier molecular flexibility index (Phi) is 8.75. The molecule has 3 N–H and O–H groups in total. The Hall–Kier alpha value is -3.29. The molecular formula is C21H27FN4O3. The summed E-state index contributed by atoms with van der Waals surface area (Å²) >= 11 is 0. The highest BCUT2D eigenvalue weighted by molar-refractivity contribution is 5.94. The molecule has 29 heavy (non-hydrogen) atoms. The Bertz CT molecular complexity index is 829. The Labute approximate surface area is 170 Å². The molecule has 156 valence electrons. The molecule has 0 saturated heterocycles. The summed E-state index contributed by atoms with van der Waals surface area (Å²) in [6.45, 7) is 3.27. The molecule has 0 fully saturated rings. The summed E-state index contributed by atoms with van der Waals surface area (Å²) in [6, 6.07) is 13.0. The number of nitrogens with one attached hydrogen (secondary N) is 3. The molecule has 1 amide bonds. The van der Waals surface area contributed by atoms with Gasteiger partial charge in [-0.15, -0.1) is 0 Å². The molecule has 2 aromatic carbocycles. The van der Waals surface area contributed by atoms with Crippen molar-refractivity contribution in [1.82, 2.24) is 16.0 Å². The molecule has 2 aromatic rings. The fraction of sp³-hybridized carbons (Fsp3) is 0.333. The number of ether oxygens (including phenoxy) is 2. The van der Waals surface area contributed by atoms with Crippen molar-refractivity contribution < 1.29 is 18.7 Å². The number of aliphatic imine (C=N–C) groups is 1. The van der Waals surface area contributed by atoms with Crippen LogP contribution >= 0.6 is 0 Å². The zero-order valence-corrected chi connectivity index (χ0v) is 16.9. The number of rotatable bonds is 9. The van der Waals surface area contributed by atoms with Crippen molar-refractivity contribution in [3.63, 3.8) is 0 Å². The smallest absolute Gasteiger partial charge is 0.251 e. The molecule has 0 spiro atoms. The number of carbonyl (C=O) groups is 1. The number of benzene rings is 2. The fourth-order valence-corrected chi connectivity index (χ4v) is 2.50. The van der Waals surface area contributed by atoms with Gasteiger partial charge in [0, 0.05) is 31.8 Å². The van der Waals surface area contributed by atoms with Gasteiger partial charge in [-0.2, -0.15) is 0 Å². The summed E-state index contributed by atoms with van der Waals surface area (Å²) in [6.07, 6.45) is -0.192. The molecule has 0 aliphatic heterocycles. The minimum absolute atomic E-state index is 0.175. The van der Waals surface area contributed by atoms with Gasteiger partial charge in [-0.1, -0.05) is 12.1 Å². The van der Waals surface area contributed by atoms with Crippen molar-refractivity contribution in [3.8, 4) is 11.5 Å². The molecule has 7 nitrogen and oxygen atoms in total. The first-order chi connectivity index (χ1) is 14.0. The topological polar surface area (TPSA) is 84.0 Å². The molecule has 0 heterocycles. The number of amides is 1. The second kappa shape index (κ2) is 11.5. The van der Waals surface area contributed by atoms with E-state index < -0.39 is 0 Å². The van der Waals surface area contributed by atoms with Gasteiger partial charge in [0.1, 0.15) is 23.4 Å². The van der Waals surface area contributed by atoms with E-state index in [9.17, 15) is 9.18 Å². The van der Waals surface area contributed by atoms with E-state index in [0.29, 0.717) is 42.7 Å². The van der Waals surface area contributed by atoms with E-state index in [1.54, 1.807) is 50.6 Å². The highest BCUT2D eigenvalue weighted by Crippen LogP contribution is 2.13. The first kappa shape index (κ1) is 22.0. The van der Waals surface area contributed by atoms with Gasteiger partial charge in [0.25, 0.3) is 5.91 Å². The number of nitrogens with zero attached hydrogens (tertiary/aromatic N) is 1. The third-order valence-electron chi connectivity index (χ3n) is 3.95. The predicted octanol–water partition coefficient (Wildman–Crippen LogP) is 2.20. The molecule has 0 bridgehead atoms. The van der Waals surface area contributed by atoms with Crippen molar-refractivity contribution in [1.29, 1.82) is 0 Å². The van der Waals surface area contributed by atoms with Gasteiger partial charge >= 0.3 is 0 Å². The fourth-order valence-electron chi connectivity index (χ4n) is 2.50. The molecule has 0 aromatic heterocycles. The van der Waals surface area contributed by atoms with Crippen LogP contribution in [0, 0.1) is 5.82 Å². The summed E-state index contributed by atoms with van der Waals surface area (Å²) in [4.78, 5) is 16.3. The lowest BCUT2D eigenvalue weighted by Crippen LogP contribution is -2.44.